The van der Waals surface area contributed by atoms with Crippen molar-refractivity contribution in [1.29, 1.82) is 0 Å². The summed E-state index contributed by atoms with van der Waals surface area (Å²) in [5.74, 6) is 0. The van der Waals surface area contributed by atoms with Gasteiger partial charge in [-0.15, -0.1) is 11.3 Å². The third-order valence-corrected chi connectivity index (χ3v) is 3.40. The maximum atomic E-state index is 12.6. The fraction of sp³-hybridized carbons (Fsp3) is 0.300. The molecule has 110 valence electrons. The van der Waals surface area contributed by atoms with Crippen molar-refractivity contribution in [2.45, 2.75) is 18.9 Å². The standard InChI is InChI=1S/C10H7F6N3S/c11-9(12,13)7-6(4-18-19-7)17-3-5-1-2-20-8(5)10(14,15)16/h1-2,4,17H,3H2,(H,18,19). The van der Waals surface area contributed by atoms with Gasteiger partial charge in [0.05, 0.1) is 11.9 Å². The van der Waals surface area contributed by atoms with E-state index in [0.29, 0.717) is 11.3 Å². The lowest BCUT2D eigenvalue weighted by molar-refractivity contribution is -0.140. The van der Waals surface area contributed by atoms with Crippen molar-refractivity contribution in [3.8, 4) is 0 Å². The zero-order chi connectivity index (χ0) is 15.0. The van der Waals surface area contributed by atoms with Gasteiger partial charge in [-0.25, -0.2) is 0 Å². The van der Waals surface area contributed by atoms with Gasteiger partial charge in [0, 0.05) is 6.54 Å². The van der Waals surface area contributed by atoms with Gasteiger partial charge in [0.2, 0.25) is 0 Å². The SMILES string of the molecule is FC(F)(F)c1[nH]ncc1NCc1ccsc1C(F)(F)F. The molecular formula is C10H7F6N3S. The number of hydrogen-bond donors (Lipinski definition) is 2. The molecule has 0 spiro atoms. The number of aromatic amines is 1. The zero-order valence-corrected chi connectivity index (χ0v) is 10.4. The minimum Gasteiger partial charge on any atom is -0.378 e. The fourth-order valence-corrected chi connectivity index (χ4v) is 2.34. The highest BCUT2D eigenvalue weighted by molar-refractivity contribution is 7.10. The molecule has 2 aromatic rings. The summed E-state index contributed by atoms with van der Waals surface area (Å²) >= 11 is 0.493. The molecule has 0 fully saturated rings. The molecule has 0 saturated carbocycles. The van der Waals surface area contributed by atoms with Crippen molar-refractivity contribution in [2.24, 2.45) is 0 Å². The van der Waals surface area contributed by atoms with Crippen LogP contribution in [0.1, 0.15) is 16.1 Å². The summed E-state index contributed by atoms with van der Waals surface area (Å²) in [4.78, 5) is -0.831. The van der Waals surface area contributed by atoms with E-state index in [1.165, 1.54) is 11.4 Å². The van der Waals surface area contributed by atoms with Crippen molar-refractivity contribution < 1.29 is 26.3 Å². The topological polar surface area (TPSA) is 40.7 Å². The van der Waals surface area contributed by atoms with Crippen LogP contribution in [0.4, 0.5) is 32.0 Å². The smallest absolute Gasteiger partial charge is 0.378 e. The van der Waals surface area contributed by atoms with Crippen LogP contribution < -0.4 is 5.32 Å². The van der Waals surface area contributed by atoms with E-state index in [9.17, 15) is 26.3 Å². The number of rotatable bonds is 3. The molecular weight excluding hydrogens is 308 g/mol. The van der Waals surface area contributed by atoms with Crippen molar-refractivity contribution in [2.75, 3.05) is 5.32 Å². The van der Waals surface area contributed by atoms with Gasteiger partial charge in [0.1, 0.15) is 4.88 Å². The first-order valence-electron chi connectivity index (χ1n) is 5.17. The van der Waals surface area contributed by atoms with Gasteiger partial charge in [0.25, 0.3) is 0 Å². The molecule has 0 aromatic carbocycles. The van der Waals surface area contributed by atoms with Crippen molar-refractivity contribution in [3.05, 3.63) is 33.8 Å². The Hall–Kier alpha value is -1.71. The van der Waals surface area contributed by atoms with E-state index in [2.05, 4.69) is 10.4 Å². The van der Waals surface area contributed by atoms with Crippen LogP contribution in [-0.2, 0) is 18.9 Å². The molecule has 0 amide bonds. The molecule has 0 bridgehead atoms. The van der Waals surface area contributed by atoms with Crippen molar-refractivity contribution in [1.82, 2.24) is 10.2 Å². The lowest BCUT2D eigenvalue weighted by Gasteiger charge is -2.11. The van der Waals surface area contributed by atoms with E-state index >= 15 is 0 Å². The summed E-state index contributed by atoms with van der Waals surface area (Å²) in [6.07, 6.45) is -8.29. The Balaban J connectivity index is 2.15. The van der Waals surface area contributed by atoms with Crippen LogP contribution in [0.3, 0.4) is 0 Å². The van der Waals surface area contributed by atoms with E-state index in [1.807, 2.05) is 0 Å². The first kappa shape index (κ1) is 14.7. The first-order valence-corrected chi connectivity index (χ1v) is 6.05. The number of nitrogens with one attached hydrogen (secondary N) is 2. The number of alkyl halides is 6. The van der Waals surface area contributed by atoms with Gasteiger partial charge >= 0.3 is 12.4 Å². The summed E-state index contributed by atoms with van der Waals surface area (Å²) in [6, 6.07) is 1.22. The molecule has 2 aromatic heterocycles. The summed E-state index contributed by atoms with van der Waals surface area (Å²) < 4.78 is 75.4. The molecule has 0 aliphatic carbocycles. The van der Waals surface area contributed by atoms with E-state index in [4.69, 9.17) is 0 Å². The van der Waals surface area contributed by atoms with Crippen LogP contribution in [0, 0.1) is 0 Å². The van der Waals surface area contributed by atoms with Crippen LogP contribution in [0.5, 0.6) is 0 Å². The summed E-state index contributed by atoms with van der Waals surface area (Å²) in [7, 11) is 0. The Labute approximate surface area is 112 Å². The van der Waals surface area contributed by atoms with E-state index < -0.39 is 28.6 Å². The number of aromatic nitrogens is 2. The maximum Gasteiger partial charge on any atom is 0.434 e. The average molecular weight is 315 g/mol. The highest BCUT2D eigenvalue weighted by Gasteiger charge is 2.37. The number of anilines is 1. The average Bonchev–Trinajstić information content (AvgIpc) is 2.93. The molecule has 2 rings (SSSR count). The van der Waals surface area contributed by atoms with Gasteiger partial charge in [-0.1, -0.05) is 0 Å². The van der Waals surface area contributed by atoms with E-state index in [1.54, 1.807) is 5.10 Å². The van der Waals surface area contributed by atoms with Gasteiger partial charge in [-0.05, 0) is 17.0 Å². The number of thiophene rings is 1. The van der Waals surface area contributed by atoms with E-state index in [-0.39, 0.29) is 12.1 Å². The van der Waals surface area contributed by atoms with Gasteiger partial charge in [-0.3, -0.25) is 5.10 Å². The van der Waals surface area contributed by atoms with Gasteiger partial charge in [0.15, 0.2) is 5.69 Å². The molecule has 0 aliphatic rings. The van der Waals surface area contributed by atoms with Crippen LogP contribution >= 0.6 is 11.3 Å². The molecule has 0 saturated heterocycles. The lowest BCUT2D eigenvalue weighted by Crippen LogP contribution is -2.12. The number of halogens is 6. The zero-order valence-electron chi connectivity index (χ0n) is 9.56. The van der Waals surface area contributed by atoms with Crippen LogP contribution in [0.25, 0.3) is 0 Å². The molecule has 2 N–H and O–H groups in total. The molecule has 3 nitrogen and oxygen atoms in total. The molecule has 0 unspecified atom stereocenters. The maximum absolute atomic E-state index is 12.6. The van der Waals surface area contributed by atoms with Gasteiger partial charge in [-0.2, -0.15) is 31.4 Å². The lowest BCUT2D eigenvalue weighted by atomic mass is 10.2. The highest BCUT2D eigenvalue weighted by atomic mass is 32.1. The molecule has 0 aliphatic heterocycles. The number of nitrogens with zero attached hydrogens (tertiary/aromatic N) is 1. The second kappa shape index (κ2) is 5.00. The second-order valence-corrected chi connectivity index (χ2v) is 4.70. The molecule has 0 atom stereocenters. The third-order valence-electron chi connectivity index (χ3n) is 2.40. The minimum atomic E-state index is -4.65. The first-order chi connectivity index (χ1) is 9.19. The Kier molecular flexibility index (Phi) is 3.67. The fourth-order valence-electron chi connectivity index (χ4n) is 1.55. The van der Waals surface area contributed by atoms with Crippen molar-refractivity contribution in [3.63, 3.8) is 0 Å². The molecule has 20 heavy (non-hydrogen) atoms. The van der Waals surface area contributed by atoms with Gasteiger partial charge < -0.3 is 5.32 Å². The summed E-state index contributed by atoms with van der Waals surface area (Å²) in [5, 5.41) is 8.54. The summed E-state index contributed by atoms with van der Waals surface area (Å²) in [5.41, 5.74) is -1.63. The predicted octanol–water partition coefficient (Wildman–Crippen LogP) is 4.12. The highest BCUT2D eigenvalue weighted by Crippen LogP contribution is 2.37. The van der Waals surface area contributed by atoms with Crippen LogP contribution in [0.2, 0.25) is 0 Å². The molecule has 10 heteroatoms. The number of H-pyrrole nitrogens is 1. The van der Waals surface area contributed by atoms with Crippen molar-refractivity contribution >= 4 is 17.0 Å². The Morgan fingerprint density at radius 2 is 1.85 bits per heavy atom. The van der Waals surface area contributed by atoms with Crippen LogP contribution in [0.15, 0.2) is 17.6 Å². The minimum absolute atomic E-state index is 0.114. The molecule has 2 heterocycles. The third kappa shape index (κ3) is 3.06. The summed E-state index contributed by atoms with van der Waals surface area (Å²) in [6.45, 7) is -0.374. The Morgan fingerprint density at radius 1 is 1.15 bits per heavy atom. The predicted molar refractivity (Wildman–Crippen MR) is 60.2 cm³/mol. The second-order valence-electron chi connectivity index (χ2n) is 3.78. The largest absolute Gasteiger partial charge is 0.434 e. The van der Waals surface area contributed by atoms with E-state index in [0.717, 1.165) is 6.20 Å². The van der Waals surface area contributed by atoms with Crippen LogP contribution in [-0.4, -0.2) is 10.2 Å². The number of hydrogen-bond acceptors (Lipinski definition) is 3. The normalized spacial score (nSPS) is 12.7. The quantitative estimate of drug-likeness (QED) is 0.837. The Morgan fingerprint density at radius 3 is 2.45 bits per heavy atom. The Bertz CT molecular complexity index is 530. The monoisotopic (exact) mass is 315 g/mol. The molecule has 0 radical (unpaired) electrons.